The van der Waals surface area contributed by atoms with Crippen molar-refractivity contribution in [3.63, 3.8) is 0 Å². The fraction of sp³-hybridized carbons (Fsp3) is 0.136. The van der Waals surface area contributed by atoms with E-state index in [0.29, 0.717) is 6.42 Å². The molecule has 0 N–H and O–H groups in total. The van der Waals surface area contributed by atoms with Crippen LogP contribution in [0.3, 0.4) is 0 Å². The van der Waals surface area contributed by atoms with Crippen LogP contribution in [0.5, 0.6) is 11.5 Å². The van der Waals surface area contributed by atoms with Gasteiger partial charge in [0.05, 0.1) is 17.6 Å². The van der Waals surface area contributed by atoms with Gasteiger partial charge in [-0.1, -0.05) is 18.2 Å². The number of carbonyl (C=O) groups is 1. The number of ether oxygens (including phenoxy) is 2. The van der Waals surface area contributed by atoms with E-state index in [1.165, 1.54) is 0 Å². The summed E-state index contributed by atoms with van der Waals surface area (Å²) >= 11 is 0. The number of rotatable bonds is 4. The molecule has 0 aliphatic carbocycles. The molecule has 0 spiro atoms. The third-order valence-electron chi connectivity index (χ3n) is 4.71. The van der Waals surface area contributed by atoms with Crippen molar-refractivity contribution in [1.82, 2.24) is 14.6 Å². The summed E-state index contributed by atoms with van der Waals surface area (Å²) in [6.45, 7) is 1.84. The smallest absolute Gasteiger partial charge is 0.231 e. The highest BCUT2D eigenvalue weighted by Crippen LogP contribution is 2.36. The Hall–Kier alpha value is -3.67. The molecule has 2 aromatic carbocycles. The van der Waals surface area contributed by atoms with Crippen LogP contribution in [-0.4, -0.2) is 27.2 Å². The van der Waals surface area contributed by atoms with E-state index in [2.05, 4.69) is 4.98 Å². The first kappa shape index (κ1) is 16.5. The standard InChI is InChI=1S/C22H17N3O3/c1-14(26)9-15-3-2-4-16(10-15)18-6-8-22-23-12-19(25(22)24-18)17-5-7-20-21(11-17)28-13-27-20/h2-8,10-12H,9,13H2,1H3. The number of imidazole rings is 1. The predicted octanol–water partition coefficient (Wildman–Crippen LogP) is 3.92. The molecule has 6 heteroatoms. The molecule has 4 aromatic rings. The third-order valence-corrected chi connectivity index (χ3v) is 4.71. The second kappa shape index (κ2) is 6.49. The minimum atomic E-state index is 0.139. The van der Waals surface area contributed by atoms with Crippen LogP contribution in [0.25, 0.3) is 28.2 Å². The summed E-state index contributed by atoms with van der Waals surface area (Å²) in [5, 5.41) is 4.79. The second-order valence-corrected chi connectivity index (χ2v) is 6.78. The van der Waals surface area contributed by atoms with Crippen LogP contribution in [0, 0.1) is 0 Å². The van der Waals surface area contributed by atoms with Gasteiger partial charge in [0.1, 0.15) is 5.78 Å². The van der Waals surface area contributed by atoms with Crippen molar-refractivity contribution in [2.45, 2.75) is 13.3 Å². The quantitative estimate of drug-likeness (QED) is 0.544. The van der Waals surface area contributed by atoms with Gasteiger partial charge in [0, 0.05) is 17.5 Å². The van der Waals surface area contributed by atoms with Crippen LogP contribution < -0.4 is 9.47 Å². The van der Waals surface area contributed by atoms with E-state index in [-0.39, 0.29) is 12.6 Å². The third kappa shape index (κ3) is 2.89. The van der Waals surface area contributed by atoms with Crippen molar-refractivity contribution in [2.75, 3.05) is 6.79 Å². The zero-order valence-corrected chi connectivity index (χ0v) is 15.3. The lowest BCUT2D eigenvalue weighted by molar-refractivity contribution is -0.116. The summed E-state index contributed by atoms with van der Waals surface area (Å²) in [7, 11) is 0. The molecule has 0 radical (unpaired) electrons. The molecule has 0 fully saturated rings. The maximum atomic E-state index is 11.4. The highest BCUT2D eigenvalue weighted by atomic mass is 16.7. The Kier molecular flexibility index (Phi) is 3.83. The molecule has 0 amide bonds. The maximum Gasteiger partial charge on any atom is 0.231 e. The monoisotopic (exact) mass is 371 g/mol. The number of nitrogens with zero attached hydrogens (tertiary/aromatic N) is 3. The number of hydrogen-bond acceptors (Lipinski definition) is 5. The molecule has 2 aromatic heterocycles. The molecule has 0 saturated heterocycles. The number of benzene rings is 2. The Morgan fingerprint density at radius 3 is 2.82 bits per heavy atom. The second-order valence-electron chi connectivity index (χ2n) is 6.78. The van der Waals surface area contributed by atoms with Crippen molar-refractivity contribution in [2.24, 2.45) is 0 Å². The first-order valence-corrected chi connectivity index (χ1v) is 9.01. The molecule has 0 unspecified atom stereocenters. The summed E-state index contributed by atoms with van der Waals surface area (Å²) in [5.41, 5.74) is 5.34. The molecule has 3 heterocycles. The Bertz CT molecular complexity index is 1210. The van der Waals surface area contributed by atoms with Gasteiger partial charge in [-0.25, -0.2) is 9.50 Å². The van der Waals surface area contributed by atoms with Crippen molar-refractivity contribution in [1.29, 1.82) is 0 Å². The molecule has 1 aliphatic heterocycles. The van der Waals surface area contributed by atoms with Gasteiger partial charge in [-0.2, -0.15) is 5.10 Å². The van der Waals surface area contributed by atoms with Crippen LogP contribution >= 0.6 is 0 Å². The molecule has 0 saturated carbocycles. The molecular weight excluding hydrogens is 354 g/mol. The SMILES string of the molecule is CC(=O)Cc1cccc(-c2ccc3ncc(-c4ccc5c(c4)OCO5)n3n2)c1. The first-order chi connectivity index (χ1) is 13.7. The van der Waals surface area contributed by atoms with Crippen LogP contribution in [0.2, 0.25) is 0 Å². The molecule has 0 atom stereocenters. The fourth-order valence-electron chi connectivity index (χ4n) is 3.41. The molecule has 6 nitrogen and oxygen atoms in total. The number of carbonyl (C=O) groups excluding carboxylic acids is 1. The van der Waals surface area contributed by atoms with Gasteiger partial charge in [0.15, 0.2) is 17.1 Å². The summed E-state index contributed by atoms with van der Waals surface area (Å²) in [6, 6.07) is 17.6. The zero-order chi connectivity index (χ0) is 19.1. The van der Waals surface area contributed by atoms with E-state index >= 15 is 0 Å². The molecule has 28 heavy (non-hydrogen) atoms. The lowest BCUT2D eigenvalue weighted by Gasteiger charge is -2.07. The largest absolute Gasteiger partial charge is 0.454 e. The zero-order valence-electron chi connectivity index (χ0n) is 15.3. The van der Waals surface area contributed by atoms with Gasteiger partial charge >= 0.3 is 0 Å². The lowest BCUT2D eigenvalue weighted by Crippen LogP contribution is -1.99. The van der Waals surface area contributed by atoms with E-state index in [9.17, 15) is 4.79 Å². The van der Waals surface area contributed by atoms with Crippen LogP contribution in [0.4, 0.5) is 0 Å². The van der Waals surface area contributed by atoms with Gasteiger partial charge in [-0.3, -0.25) is 4.79 Å². The van der Waals surface area contributed by atoms with Crippen LogP contribution in [0.15, 0.2) is 60.8 Å². The van der Waals surface area contributed by atoms with Gasteiger partial charge < -0.3 is 9.47 Å². The minimum absolute atomic E-state index is 0.139. The van der Waals surface area contributed by atoms with E-state index < -0.39 is 0 Å². The van der Waals surface area contributed by atoms with Crippen molar-refractivity contribution in [3.05, 3.63) is 66.4 Å². The van der Waals surface area contributed by atoms with E-state index in [0.717, 1.165) is 45.2 Å². The van der Waals surface area contributed by atoms with E-state index in [4.69, 9.17) is 14.6 Å². The van der Waals surface area contributed by atoms with Gasteiger partial charge in [0.2, 0.25) is 6.79 Å². The Labute approximate surface area is 161 Å². The van der Waals surface area contributed by atoms with Crippen molar-refractivity contribution < 1.29 is 14.3 Å². The van der Waals surface area contributed by atoms with E-state index in [1.807, 2.05) is 59.1 Å². The normalized spacial score (nSPS) is 12.5. The number of fused-ring (bicyclic) bond motifs is 2. The first-order valence-electron chi connectivity index (χ1n) is 9.01. The summed E-state index contributed by atoms with van der Waals surface area (Å²) in [4.78, 5) is 15.9. The average molecular weight is 371 g/mol. The number of ketones is 1. The summed E-state index contributed by atoms with van der Waals surface area (Å²) < 4.78 is 12.7. The summed E-state index contributed by atoms with van der Waals surface area (Å²) in [5.74, 6) is 1.61. The topological polar surface area (TPSA) is 65.7 Å². The Morgan fingerprint density at radius 2 is 1.93 bits per heavy atom. The fourth-order valence-corrected chi connectivity index (χ4v) is 3.41. The van der Waals surface area contributed by atoms with Crippen LogP contribution in [0.1, 0.15) is 12.5 Å². The highest BCUT2D eigenvalue weighted by Gasteiger charge is 2.16. The number of hydrogen-bond donors (Lipinski definition) is 0. The van der Waals surface area contributed by atoms with Crippen molar-refractivity contribution in [3.8, 4) is 34.0 Å². The molecule has 138 valence electrons. The molecular formula is C22H17N3O3. The van der Waals surface area contributed by atoms with Gasteiger partial charge in [-0.15, -0.1) is 0 Å². The molecule has 0 bridgehead atoms. The number of aromatic nitrogens is 3. The number of Topliss-reactive ketones (excluding diaryl/α,β-unsaturated/α-hetero) is 1. The summed E-state index contributed by atoms with van der Waals surface area (Å²) in [6.07, 6.45) is 2.22. The van der Waals surface area contributed by atoms with Crippen molar-refractivity contribution >= 4 is 11.4 Å². The van der Waals surface area contributed by atoms with E-state index in [1.54, 1.807) is 13.1 Å². The Balaban J connectivity index is 1.58. The highest BCUT2D eigenvalue weighted by molar-refractivity contribution is 5.78. The minimum Gasteiger partial charge on any atom is -0.454 e. The predicted molar refractivity (Wildman–Crippen MR) is 104 cm³/mol. The molecule has 5 rings (SSSR count). The molecule has 1 aliphatic rings. The lowest BCUT2D eigenvalue weighted by atomic mass is 10.0. The Morgan fingerprint density at radius 1 is 1.04 bits per heavy atom. The average Bonchev–Trinajstić information content (AvgIpc) is 3.33. The van der Waals surface area contributed by atoms with Crippen LogP contribution in [-0.2, 0) is 11.2 Å². The maximum absolute atomic E-state index is 11.4. The van der Waals surface area contributed by atoms with Gasteiger partial charge in [-0.05, 0) is 48.9 Å². The van der Waals surface area contributed by atoms with Gasteiger partial charge in [0.25, 0.3) is 0 Å².